The first-order chi connectivity index (χ1) is 7.25. The van der Waals surface area contributed by atoms with E-state index in [1.54, 1.807) is 13.8 Å². The normalized spacial score (nSPS) is 23.6. The van der Waals surface area contributed by atoms with Crippen LogP contribution < -0.4 is 11.1 Å². The number of amides is 2. The zero-order chi connectivity index (χ0) is 12.5. The summed E-state index contributed by atoms with van der Waals surface area (Å²) in [7, 11) is 0. The lowest BCUT2D eigenvalue weighted by atomic mass is 9.93. The Morgan fingerprint density at radius 3 is 2.31 bits per heavy atom. The molecule has 1 fully saturated rings. The van der Waals surface area contributed by atoms with E-state index in [1.165, 1.54) is 0 Å². The largest absolute Gasteiger partial charge is 0.481 e. The Balaban J connectivity index is 2.38. The molecule has 1 aliphatic rings. The topological polar surface area (TPSA) is 109 Å². The number of nitrogens with two attached hydrogens (primary N) is 1. The minimum absolute atomic E-state index is 0.129. The fraction of sp³-hybridized carbons (Fsp3) is 0.700. The minimum Gasteiger partial charge on any atom is -0.481 e. The van der Waals surface area contributed by atoms with E-state index in [1.807, 2.05) is 0 Å². The van der Waals surface area contributed by atoms with E-state index in [-0.39, 0.29) is 12.5 Å². The molecule has 2 amide bonds. The van der Waals surface area contributed by atoms with E-state index < -0.39 is 29.1 Å². The minimum atomic E-state index is -0.950. The molecular weight excluding hydrogens is 212 g/mol. The summed E-state index contributed by atoms with van der Waals surface area (Å²) in [5.41, 5.74) is 4.32. The summed E-state index contributed by atoms with van der Waals surface area (Å²) in [6, 6.07) is 0. The number of carboxylic acids is 1. The maximum Gasteiger partial charge on any atom is 0.307 e. The highest BCUT2D eigenvalue weighted by Gasteiger charge is 2.48. The predicted molar refractivity (Wildman–Crippen MR) is 55.2 cm³/mol. The second-order valence-electron chi connectivity index (χ2n) is 4.75. The monoisotopic (exact) mass is 228 g/mol. The van der Waals surface area contributed by atoms with Gasteiger partial charge in [0.2, 0.25) is 11.8 Å². The van der Waals surface area contributed by atoms with E-state index in [0.29, 0.717) is 6.42 Å². The van der Waals surface area contributed by atoms with Crippen LogP contribution >= 0.6 is 0 Å². The molecule has 1 aliphatic carbocycles. The predicted octanol–water partition coefficient (Wildman–Crippen LogP) is -0.665. The summed E-state index contributed by atoms with van der Waals surface area (Å²) in [5, 5.41) is 11.2. The molecule has 1 rings (SSSR count). The number of nitrogens with one attached hydrogen (secondary N) is 1. The van der Waals surface area contributed by atoms with Gasteiger partial charge in [-0.15, -0.1) is 0 Å². The van der Waals surface area contributed by atoms with Gasteiger partial charge in [-0.3, -0.25) is 14.4 Å². The van der Waals surface area contributed by atoms with Crippen LogP contribution in [0.4, 0.5) is 0 Å². The average Bonchev–Trinajstić information content (AvgIpc) is 2.93. The third-order valence-electron chi connectivity index (χ3n) is 2.82. The Bertz CT molecular complexity index is 338. The second-order valence-corrected chi connectivity index (χ2v) is 4.75. The number of carbonyl (C=O) groups excluding carboxylic acids is 2. The Morgan fingerprint density at radius 1 is 1.38 bits per heavy atom. The summed E-state index contributed by atoms with van der Waals surface area (Å²) in [4.78, 5) is 33.0. The van der Waals surface area contributed by atoms with Crippen molar-refractivity contribution in [1.29, 1.82) is 0 Å². The van der Waals surface area contributed by atoms with Gasteiger partial charge in [0.15, 0.2) is 0 Å². The Hall–Kier alpha value is -1.59. The average molecular weight is 228 g/mol. The van der Waals surface area contributed by atoms with Crippen molar-refractivity contribution in [1.82, 2.24) is 5.32 Å². The molecule has 0 aromatic heterocycles. The number of aliphatic carboxylic acids is 1. The SMILES string of the molecule is CC(C)(CNC(=O)[C@@H]1C[C@@H]1C(=O)O)C(N)=O. The molecule has 0 saturated heterocycles. The molecule has 1 saturated carbocycles. The molecule has 16 heavy (non-hydrogen) atoms. The summed E-state index contributed by atoms with van der Waals surface area (Å²) in [5.74, 6) is -2.80. The lowest BCUT2D eigenvalue weighted by molar-refractivity contribution is -0.140. The van der Waals surface area contributed by atoms with E-state index in [0.717, 1.165) is 0 Å². The molecule has 0 spiro atoms. The van der Waals surface area contributed by atoms with E-state index >= 15 is 0 Å². The van der Waals surface area contributed by atoms with Gasteiger partial charge in [0, 0.05) is 6.54 Å². The van der Waals surface area contributed by atoms with Crippen LogP contribution in [0.2, 0.25) is 0 Å². The first-order valence-electron chi connectivity index (χ1n) is 5.06. The van der Waals surface area contributed by atoms with Crippen LogP contribution in [0.1, 0.15) is 20.3 Å². The lowest BCUT2D eigenvalue weighted by Crippen LogP contribution is -2.43. The van der Waals surface area contributed by atoms with Crippen molar-refractivity contribution in [3.05, 3.63) is 0 Å². The molecule has 0 heterocycles. The van der Waals surface area contributed by atoms with Crippen LogP contribution in [0.15, 0.2) is 0 Å². The van der Waals surface area contributed by atoms with Crippen LogP contribution in [-0.2, 0) is 14.4 Å². The molecule has 4 N–H and O–H groups in total. The van der Waals surface area contributed by atoms with Gasteiger partial charge in [-0.1, -0.05) is 0 Å². The number of rotatable bonds is 5. The smallest absolute Gasteiger partial charge is 0.307 e. The lowest BCUT2D eigenvalue weighted by Gasteiger charge is -2.20. The van der Waals surface area contributed by atoms with Crippen molar-refractivity contribution < 1.29 is 19.5 Å². The van der Waals surface area contributed by atoms with E-state index in [2.05, 4.69) is 5.32 Å². The maximum atomic E-state index is 11.5. The Labute approximate surface area is 93.2 Å². The van der Waals surface area contributed by atoms with Crippen LogP contribution in [0, 0.1) is 17.3 Å². The third kappa shape index (κ3) is 2.71. The molecule has 90 valence electrons. The van der Waals surface area contributed by atoms with Crippen LogP contribution in [0.3, 0.4) is 0 Å². The standard InChI is InChI=1S/C10H16N2O4/c1-10(2,9(11)16)4-12-7(13)5-3-6(5)8(14)15/h5-6H,3-4H2,1-2H3,(H2,11,16)(H,12,13)(H,14,15)/t5-,6+/m1/s1. The van der Waals surface area contributed by atoms with Crippen molar-refractivity contribution in [2.75, 3.05) is 6.54 Å². The molecule has 6 heteroatoms. The molecular formula is C10H16N2O4. The number of primary amides is 1. The van der Waals surface area contributed by atoms with Crippen molar-refractivity contribution in [3.63, 3.8) is 0 Å². The van der Waals surface area contributed by atoms with Crippen LogP contribution in [0.5, 0.6) is 0 Å². The van der Waals surface area contributed by atoms with Gasteiger partial charge in [0.25, 0.3) is 0 Å². The van der Waals surface area contributed by atoms with E-state index in [4.69, 9.17) is 10.8 Å². The first kappa shape index (κ1) is 12.5. The van der Waals surface area contributed by atoms with Gasteiger partial charge in [-0.05, 0) is 20.3 Å². The summed E-state index contributed by atoms with van der Waals surface area (Å²) < 4.78 is 0. The van der Waals surface area contributed by atoms with Gasteiger partial charge in [-0.25, -0.2) is 0 Å². The van der Waals surface area contributed by atoms with Crippen LogP contribution in [-0.4, -0.2) is 29.4 Å². The third-order valence-corrected chi connectivity index (χ3v) is 2.82. The van der Waals surface area contributed by atoms with Crippen molar-refractivity contribution in [2.24, 2.45) is 23.0 Å². The van der Waals surface area contributed by atoms with Gasteiger partial charge in [0.1, 0.15) is 0 Å². The quantitative estimate of drug-likeness (QED) is 0.580. The highest BCUT2D eigenvalue weighted by atomic mass is 16.4. The fourth-order valence-corrected chi connectivity index (χ4v) is 1.28. The van der Waals surface area contributed by atoms with Crippen molar-refractivity contribution in [2.45, 2.75) is 20.3 Å². The second kappa shape index (κ2) is 4.11. The zero-order valence-corrected chi connectivity index (χ0v) is 9.32. The highest BCUT2D eigenvalue weighted by molar-refractivity contribution is 5.90. The maximum absolute atomic E-state index is 11.5. The first-order valence-corrected chi connectivity index (χ1v) is 5.06. The summed E-state index contributed by atoms with van der Waals surface area (Å²) >= 11 is 0. The van der Waals surface area contributed by atoms with Crippen molar-refractivity contribution >= 4 is 17.8 Å². The van der Waals surface area contributed by atoms with Crippen molar-refractivity contribution in [3.8, 4) is 0 Å². The molecule has 0 aromatic carbocycles. The number of carbonyl (C=O) groups is 3. The molecule has 0 radical (unpaired) electrons. The van der Waals surface area contributed by atoms with Gasteiger partial charge in [-0.2, -0.15) is 0 Å². The Kier molecular flexibility index (Phi) is 3.21. The molecule has 0 bridgehead atoms. The number of carboxylic acid groups (broad SMARTS) is 1. The van der Waals surface area contributed by atoms with Gasteiger partial charge in [0.05, 0.1) is 17.3 Å². The Morgan fingerprint density at radius 2 is 1.94 bits per heavy atom. The van der Waals surface area contributed by atoms with Gasteiger partial charge < -0.3 is 16.2 Å². The van der Waals surface area contributed by atoms with Crippen LogP contribution in [0.25, 0.3) is 0 Å². The van der Waals surface area contributed by atoms with E-state index in [9.17, 15) is 14.4 Å². The van der Waals surface area contributed by atoms with Gasteiger partial charge >= 0.3 is 5.97 Å². The molecule has 6 nitrogen and oxygen atoms in total. The summed E-state index contributed by atoms with van der Waals surface area (Å²) in [6.07, 6.45) is 0.373. The molecule has 0 aromatic rings. The number of hydrogen-bond acceptors (Lipinski definition) is 3. The fourth-order valence-electron chi connectivity index (χ4n) is 1.28. The number of hydrogen-bond donors (Lipinski definition) is 3. The molecule has 2 atom stereocenters. The zero-order valence-electron chi connectivity index (χ0n) is 9.32. The molecule has 0 unspecified atom stereocenters. The summed E-state index contributed by atoms with van der Waals surface area (Å²) in [6.45, 7) is 3.37. The molecule has 0 aliphatic heterocycles. The highest BCUT2D eigenvalue weighted by Crippen LogP contribution is 2.38.